The predicted octanol–water partition coefficient (Wildman–Crippen LogP) is 4.32. The standard InChI is InChI=1S/C21H21Cl2N3O4/c1-3-26-15(11-25-8-7-14(24-25)12-30-4-2)10-18(27)19(21(28)29)20(26)13-5-6-16(22)17(23)9-13/h5-10H,3-4,11-12H2,1-2H3,(H,28,29). The molecule has 30 heavy (non-hydrogen) atoms. The van der Waals surface area contributed by atoms with Crippen LogP contribution in [-0.4, -0.2) is 32.0 Å². The molecule has 0 bridgehead atoms. The molecule has 0 aliphatic carbocycles. The minimum absolute atomic E-state index is 0.277. The first kappa shape index (κ1) is 22.1. The maximum Gasteiger partial charge on any atom is 0.341 e. The quantitative estimate of drug-likeness (QED) is 0.553. The normalized spacial score (nSPS) is 11.1. The van der Waals surface area contributed by atoms with Crippen molar-refractivity contribution in [2.75, 3.05) is 6.61 Å². The van der Waals surface area contributed by atoms with Gasteiger partial charge in [-0.15, -0.1) is 0 Å². The molecule has 158 valence electrons. The zero-order chi connectivity index (χ0) is 21.8. The summed E-state index contributed by atoms with van der Waals surface area (Å²) in [6, 6.07) is 7.98. The zero-order valence-electron chi connectivity index (χ0n) is 16.6. The second-order valence-electron chi connectivity index (χ2n) is 6.54. The first-order valence-corrected chi connectivity index (χ1v) is 10.2. The Morgan fingerprint density at radius 2 is 1.93 bits per heavy atom. The number of carbonyl (C=O) groups is 1. The fourth-order valence-corrected chi connectivity index (χ4v) is 3.58. The minimum atomic E-state index is -1.30. The van der Waals surface area contributed by atoms with E-state index in [1.807, 2.05) is 19.9 Å². The highest BCUT2D eigenvalue weighted by atomic mass is 35.5. The molecule has 0 unspecified atom stereocenters. The van der Waals surface area contributed by atoms with E-state index < -0.39 is 11.4 Å². The molecule has 0 spiro atoms. The van der Waals surface area contributed by atoms with Gasteiger partial charge in [-0.25, -0.2) is 4.79 Å². The van der Waals surface area contributed by atoms with Gasteiger partial charge in [-0.1, -0.05) is 29.3 Å². The van der Waals surface area contributed by atoms with Crippen LogP contribution in [0.25, 0.3) is 11.3 Å². The molecule has 7 nitrogen and oxygen atoms in total. The molecule has 0 amide bonds. The van der Waals surface area contributed by atoms with Gasteiger partial charge in [0.25, 0.3) is 0 Å². The van der Waals surface area contributed by atoms with Crippen LogP contribution >= 0.6 is 23.2 Å². The summed E-state index contributed by atoms with van der Waals surface area (Å²) in [5.74, 6) is -1.30. The second kappa shape index (κ2) is 9.47. The number of ether oxygens (including phenoxy) is 1. The third kappa shape index (κ3) is 4.59. The van der Waals surface area contributed by atoms with Crippen molar-refractivity contribution in [3.05, 3.63) is 73.7 Å². The van der Waals surface area contributed by atoms with Gasteiger partial charge in [-0.3, -0.25) is 9.48 Å². The van der Waals surface area contributed by atoms with Crippen LogP contribution in [0.2, 0.25) is 10.0 Å². The van der Waals surface area contributed by atoms with Crippen LogP contribution in [-0.2, 0) is 24.4 Å². The molecule has 0 atom stereocenters. The fourth-order valence-electron chi connectivity index (χ4n) is 3.28. The van der Waals surface area contributed by atoms with Crippen LogP contribution in [0.4, 0.5) is 0 Å². The molecule has 0 radical (unpaired) electrons. The van der Waals surface area contributed by atoms with Crippen LogP contribution in [0.3, 0.4) is 0 Å². The molecule has 0 fully saturated rings. The van der Waals surface area contributed by atoms with Crippen molar-refractivity contribution in [2.45, 2.75) is 33.5 Å². The number of aromatic nitrogens is 3. The number of aromatic carboxylic acids is 1. The molecule has 0 aliphatic heterocycles. The second-order valence-corrected chi connectivity index (χ2v) is 7.36. The Hall–Kier alpha value is -2.61. The molecule has 0 saturated heterocycles. The van der Waals surface area contributed by atoms with Gasteiger partial charge in [0.05, 0.1) is 34.6 Å². The number of rotatable bonds is 8. The lowest BCUT2D eigenvalue weighted by Gasteiger charge is -2.20. The molecular weight excluding hydrogens is 429 g/mol. The summed E-state index contributed by atoms with van der Waals surface area (Å²) in [4.78, 5) is 24.6. The Balaban J connectivity index is 2.14. The summed E-state index contributed by atoms with van der Waals surface area (Å²) >= 11 is 12.2. The Bertz CT molecular complexity index is 1140. The summed E-state index contributed by atoms with van der Waals surface area (Å²) in [7, 11) is 0. The van der Waals surface area contributed by atoms with E-state index >= 15 is 0 Å². The molecule has 2 heterocycles. The van der Waals surface area contributed by atoms with Crippen molar-refractivity contribution in [3.8, 4) is 11.3 Å². The highest BCUT2D eigenvalue weighted by molar-refractivity contribution is 6.42. The van der Waals surface area contributed by atoms with E-state index in [-0.39, 0.29) is 16.3 Å². The predicted molar refractivity (Wildman–Crippen MR) is 115 cm³/mol. The lowest BCUT2D eigenvalue weighted by Crippen LogP contribution is -2.24. The lowest BCUT2D eigenvalue weighted by molar-refractivity contribution is 0.0695. The van der Waals surface area contributed by atoms with Crippen LogP contribution in [0.15, 0.2) is 41.3 Å². The summed E-state index contributed by atoms with van der Waals surface area (Å²) in [6.07, 6.45) is 1.79. The number of nitrogens with zero attached hydrogens (tertiary/aromatic N) is 3. The third-order valence-corrected chi connectivity index (χ3v) is 5.33. The number of hydrogen-bond acceptors (Lipinski definition) is 4. The van der Waals surface area contributed by atoms with Gasteiger partial charge in [-0.2, -0.15) is 5.10 Å². The molecule has 9 heteroatoms. The number of halogens is 2. The molecule has 2 aromatic heterocycles. The fraction of sp³-hybridized carbons (Fsp3) is 0.286. The number of hydrogen-bond donors (Lipinski definition) is 1. The number of carboxylic acids is 1. The van der Waals surface area contributed by atoms with Crippen molar-refractivity contribution in [1.82, 2.24) is 14.3 Å². The Morgan fingerprint density at radius 3 is 2.57 bits per heavy atom. The van der Waals surface area contributed by atoms with E-state index in [0.717, 1.165) is 5.69 Å². The van der Waals surface area contributed by atoms with E-state index in [9.17, 15) is 14.7 Å². The molecule has 1 N–H and O–H groups in total. The molecule has 1 aromatic carbocycles. The Kier molecular flexibility index (Phi) is 6.97. The number of pyridine rings is 1. The van der Waals surface area contributed by atoms with Crippen LogP contribution < -0.4 is 5.43 Å². The topological polar surface area (TPSA) is 86.4 Å². The van der Waals surface area contributed by atoms with Crippen molar-refractivity contribution < 1.29 is 14.6 Å². The van der Waals surface area contributed by atoms with Crippen LogP contribution in [0.1, 0.15) is 35.6 Å². The van der Waals surface area contributed by atoms with Crippen molar-refractivity contribution in [2.24, 2.45) is 0 Å². The molecule has 0 saturated carbocycles. The smallest absolute Gasteiger partial charge is 0.341 e. The Morgan fingerprint density at radius 1 is 1.17 bits per heavy atom. The van der Waals surface area contributed by atoms with Gasteiger partial charge in [0.1, 0.15) is 5.56 Å². The van der Waals surface area contributed by atoms with Gasteiger partial charge in [0.15, 0.2) is 5.43 Å². The highest BCUT2D eigenvalue weighted by Gasteiger charge is 2.22. The van der Waals surface area contributed by atoms with Gasteiger partial charge < -0.3 is 14.4 Å². The first-order chi connectivity index (χ1) is 14.3. The molecule has 3 aromatic rings. The molecular formula is C21H21Cl2N3O4. The number of carboxylic acid groups (broad SMARTS) is 1. The maximum atomic E-state index is 12.7. The maximum absolute atomic E-state index is 12.7. The van der Waals surface area contributed by atoms with E-state index in [0.29, 0.717) is 42.6 Å². The summed E-state index contributed by atoms with van der Waals surface area (Å²) in [5, 5.41) is 14.8. The summed E-state index contributed by atoms with van der Waals surface area (Å²) < 4.78 is 8.84. The van der Waals surface area contributed by atoms with Crippen molar-refractivity contribution >= 4 is 29.2 Å². The van der Waals surface area contributed by atoms with Crippen molar-refractivity contribution in [1.29, 1.82) is 0 Å². The number of benzene rings is 1. The van der Waals surface area contributed by atoms with Crippen LogP contribution in [0.5, 0.6) is 0 Å². The summed E-state index contributed by atoms with van der Waals surface area (Å²) in [5.41, 5.74) is 1.29. The monoisotopic (exact) mass is 449 g/mol. The Labute approximate surface area is 183 Å². The van der Waals surface area contributed by atoms with Gasteiger partial charge in [0.2, 0.25) is 0 Å². The zero-order valence-corrected chi connectivity index (χ0v) is 18.1. The van der Waals surface area contributed by atoms with Gasteiger partial charge in [0, 0.05) is 36.7 Å². The van der Waals surface area contributed by atoms with Gasteiger partial charge in [-0.05, 0) is 32.0 Å². The minimum Gasteiger partial charge on any atom is -0.477 e. The average molecular weight is 450 g/mol. The average Bonchev–Trinajstić information content (AvgIpc) is 3.15. The van der Waals surface area contributed by atoms with E-state index in [1.54, 1.807) is 33.6 Å². The largest absolute Gasteiger partial charge is 0.477 e. The SMILES string of the molecule is CCOCc1ccn(Cc2cc(=O)c(C(=O)O)c(-c3ccc(Cl)c(Cl)c3)n2CC)n1. The third-order valence-electron chi connectivity index (χ3n) is 4.59. The molecule has 3 rings (SSSR count). The first-order valence-electron chi connectivity index (χ1n) is 9.41. The lowest BCUT2D eigenvalue weighted by atomic mass is 10.0. The van der Waals surface area contributed by atoms with Crippen molar-refractivity contribution in [3.63, 3.8) is 0 Å². The van der Waals surface area contributed by atoms with Crippen LogP contribution in [0, 0.1) is 0 Å². The van der Waals surface area contributed by atoms with E-state index in [1.165, 1.54) is 6.07 Å². The van der Waals surface area contributed by atoms with E-state index in [4.69, 9.17) is 27.9 Å². The highest BCUT2D eigenvalue weighted by Crippen LogP contribution is 2.30. The van der Waals surface area contributed by atoms with Gasteiger partial charge >= 0.3 is 5.97 Å². The van der Waals surface area contributed by atoms with E-state index in [2.05, 4.69) is 5.10 Å². The summed E-state index contributed by atoms with van der Waals surface area (Å²) in [6.45, 7) is 5.51. The molecule has 0 aliphatic rings.